The molecule has 0 aromatic carbocycles. The van der Waals surface area contributed by atoms with Gasteiger partial charge >= 0.3 is 0 Å². The van der Waals surface area contributed by atoms with Crippen molar-refractivity contribution in [2.75, 3.05) is 6.54 Å². The third kappa shape index (κ3) is 3.15. The van der Waals surface area contributed by atoms with Crippen molar-refractivity contribution in [1.82, 2.24) is 10.2 Å². The van der Waals surface area contributed by atoms with Gasteiger partial charge in [0.05, 0.1) is 0 Å². The second kappa shape index (κ2) is 6.15. The molecule has 3 unspecified atom stereocenters. The van der Waals surface area contributed by atoms with E-state index in [1.54, 1.807) is 0 Å². The zero-order valence-corrected chi connectivity index (χ0v) is 13.1. The number of hydrogen-bond acceptors (Lipinski definition) is 2. The van der Waals surface area contributed by atoms with E-state index in [0.29, 0.717) is 25.4 Å². The maximum absolute atomic E-state index is 12.8. The zero-order chi connectivity index (χ0) is 14.8. The van der Waals surface area contributed by atoms with Crippen molar-refractivity contribution < 1.29 is 9.59 Å². The van der Waals surface area contributed by atoms with Gasteiger partial charge in [-0.25, -0.2) is 0 Å². The molecule has 1 saturated carbocycles. The summed E-state index contributed by atoms with van der Waals surface area (Å²) in [6.07, 6.45) is 6.91. The van der Waals surface area contributed by atoms with Gasteiger partial charge < -0.3 is 10.2 Å². The molecule has 20 heavy (non-hydrogen) atoms. The molecule has 2 amide bonds. The van der Waals surface area contributed by atoms with Gasteiger partial charge in [0, 0.05) is 19.0 Å². The van der Waals surface area contributed by atoms with Crippen molar-refractivity contribution in [3.63, 3.8) is 0 Å². The van der Waals surface area contributed by atoms with Crippen LogP contribution < -0.4 is 5.32 Å². The van der Waals surface area contributed by atoms with Crippen LogP contribution in [0.3, 0.4) is 0 Å². The number of hydrogen-bond donors (Lipinski definition) is 1. The Balaban J connectivity index is 2.16. The Hall–Kier alpha value is -1.06. The minimum Gasteiger partial charge on any atom is -0.342 e. The number of rotatable bonds is 2. The van der Waals surface area contributed by atoms with E-state index in [1.807, 2.05) is 18.7 Å². The Labute approximate surface area is 122 Å². The van der Waals surface area contributed by atoms with Crippen molar-refractivity contribution in [3.8, 4) is 0 Å². The van der Waals surface area contributed by atoms with Gasteiger partial charge in [0.2, 0.25) is 11.8 Å². The average Bonchev–Trinajstić information content (AvgIpc) is 2.68. The first-order valence-corrected chi connectivity index (χ1v) is 8.08. The number of nitrogens with one attached hydrogen (secondary N) is 1. The molecule has 2 rings (SSSR count). The van der Waals surface area contributed by atoms with Crippen molar-refractivity contribution in [2.45, 2.75) is 77.3 Å². The molecule has 0 aromatic rings. The van der Waals surface area contributed by atoms with Crippen LogP contribution in [0.4, 0.5) is 0 Å². The first-order chi connectivity index (χ1) is 9.46. The van der Waals surface area contributed by atoms with E-state index >= 15 is 0 Å². The topological polar surface area (TPSA) is 49.4 Å². The van der Waals surface area contributed by atoms with E-state index < -0.39 is 5.54 Å². The van der Waals surface area contributed by atoms with Gasteiger partial charge in [-0.05, 0) is 38.5 Å². The maximum atomic E-state index is 12.8. The van der Waals surface area contributed by atoms with Crippen LogP contribution in [-0.4, -0.2) is 34.8 Å². The molecule has 0 aromatic heterocycles. The molecule has 0 bridgehead atoms. The van der Waals surface area contributed by atoms with Crippen LogP contribution >= 0.6 is 0 Å². The smallest absolute Gasteiger partial charge is 0.248 e. The molecule has 1 saturated heterocycles. The Morgan fingerprint density at radius 1 is 1.25 bits per heavy atom. The lowest BCUT2D eigenvalue weighted by molar-refractivity contribution is -0.140. The van der Waals surface area contributed by atoms with E-state index in [1.165, 1.54) is 19.3 Å². The Morgan fingerprint density at radius 3 is 2.70 bits per heavy atom. The lowest BCUT2D eigenvalue weighted by Crippen LogP contribution is -2.56. The molecule has 2 fully saturated rings. The minimum atomic E-state index is -0.717. The second-order valence-corrected chi connectivity index (χ2v) is 6.75. The molecule has 114 valence electrons. The van der Waals surface area contributed by atoms with Crippen LogP contribution in [0, 0.1) is 5.92 Å². The van der Waals surface area contributed by atoms with Crippen molar-refractivity contribution in [1.29, 1.82) is 0 Å². The van der Waals surface area contributed by atoms with Crippen LogP contribution in [-0.2, 0) is 9.59 Å². The fourth-order valence-corrected chi connectivity index (χ4v) is 3.43. The Morgan fingerprint density at radius 2 is 2.00 bits per heavy atom. The second-order valence-electron chi connectivity index (χ2n) is 6.75. The molecule has 1 aliphatic heterocycles. The van der Waals surface area contributed by atoms with Gasteiger partial charge in [-0.2, -0.15) is 0 Å². The molecule has 0 radical (unpaired) electrons. The SMILES string of the molecule is CCC1(C)NC(=O)CCN(C2CCCC(C)CC2)C1=O. The minimum absolute atomic E-state index is 0.00666. The summed E-state index contributed by atoms with van der Waals surface area (Å²) < 4.78 is 0. The fourth-order valence-electron chi connectivity index (χ4n) is 3.43. The number of carbonyl (C=O) groups is 2. The quantitative estimate of drug-likeness (QED) is 0.790. The van der Waals surface area contributed by atoms with Crippen LogP contribution in [0.15, 0.2) is 0 Å². The fraction of sp³-hybridized carbons (Fsp3) is 0.875. The molecule has 1 N–H and O–H groups in total. The summed E-state index contributed by atoms with van der Waals surface area (Å²) >= 11 is 0. The largest absolute Gasteiger partial charge is 0.342 e. The number of nitrogens with zero attached hydrogens (tertiary/aromatic N) is 1. The van der Waals surface area contributed by atoms with Gasteiger partial charge in [0.25, 0.3) is 0 Å². The zero-order valence-electron chi connectivity index (χ0n) is 13.1. The van der Waals surface area contributed by atoms with Crippen LogP contribution in [0.2, 0.25) is 0 Å². The third-order valence-corrected chi connectivity index (χ3v) is 5.10. The van der Waals surface area contributed by atoms with Gasteiger partial charge in [0.1, 0.15) is 5.54 Å². The summed E-state index contributed by atoms with van der Waals surface area (Å²) in [7, 11) is 0. The summed E-state index contributed by atoms with van der Waals surface area (Å²) in [6.45, 7) is 6.72. The number of carbonyl (C=O) groups excluding carboxylic acids is 2. The molecular weight excluding hydrogens is 252 g/mol. The molecule has 4 heteroatoms. The lowest BCUT2D eigenvalue weighted by atomic mass is 9.95. The first-order valence-electron chi connectivity index (χ1n) is 8.08. The highest BCUT2D eigenvalue weighted by molar-refractivity contribution is 5.93. The summed E-state index contributed by atoms with van der Waals surface area (Å²) in [5.41, 5.74) is -0.717. The molecular formula is C16H28N2O2. The van der Waals surface area contributed by atoms with Crippen LogP contribution in [0.1, 0.15) is 65.7 Å². The predicted octanol–water partition coefficient (Wildman–Crippen LogP) is 2.47. The highest BCUT2D eigenvalue weighted by Crippen LogP contribution is 2.29. The van der Waals surface area contributed by atoms with E-state index in [0.717, 1.165) is 18.8 Å². The highest BCUT2D eigenvalue weighted by atomic mass is 16.2. The van der Waals surface area contributed by atoms with Crippen molar-refractivity contribution in [2.24, 2.45) is 5.92 Å². The highest BCUT2D eigenvalue weighted by Gasteiger charge is 2.41. The summed E-state index contributed by atoms with van der Waals surface area (Å²) in [5, 5.41) is 2.92. The molecule has 1 aliphatic carbocycles. The summed E-state index contributed by atoms with van der Waals surface area (Å²) in [4.78, 5) is 26.7. The van der Waals surface area contributed by atoms with E-state index in [2.05, 4.69) is 12.2 Å². The molecule has 1 heterocycles. The molecule has 4 nitrogen and oxygen atoms in total. The maximum Gasteiger partial charge on any atom is 0.248 e. The Bertz CT molecular complexity index is 383. The molecule has 3 atom stereocenters. The Kier molecular flexibility index (Phi) is 4.71. The van der Waals surface area contributed by atoms with Gasteiger partial charge in [0.15, 0.2) is 0 Å². The summed E-state index contributed by atoms with van der Waals surface area (Å²) in [5.74, 6) is 0.886. The van der Waals surface area contributed by atoms with Gasteiger partial charge in [-0.15, -0.1) is 0 Å². The standard InChI is InChI=1S/C16H28N2O2/c1-4-16(3)15(20)18(11-10-14(19)17-16)13-7-5-6-12(2)8-9-13/h12-13H,4-11H2,1-3H3,(H,17,19). The van der Waals surface area contributed by atoms with Crippen LogP contribution in [0.5, 0.6) is 0 Å². The van der Waals surface area contributed by atoms with Gasteiger partial charge in [-0.3, -0.25) is 9.59 Å². The number of amides is 2. The van der Waals surface area contributed by atoms with E-state index in [4.69, 9.17) is 0 Å². The van der Waals surface area contributed by atoms with Crippen molar-refractivity contribution >= 4 is 11.8 Å². The monoisotopic (exact) mass is 280 g/mol. The van der Waals surface area contributed by atoms with Crippen LogP contribution in [0.25, 0.3) is 0 Å². The molecule has 0 spiro atoms. The predicted molar refractivity (Wildman–Crippen MR) is 79.2 cm³/mol. The first kappa shape index (κ1) is 15.3. The third-order valence-electron chi connectivity index (χ3n) is 5.10. The van der Waals surface area contributed by atoms with Gasteiger partial charge in [-0.1, -0.05) is 26.7 Å². The average molecular weight is 280 g/mol. The lowest BCUT2D eigenvalue weighted by Gasteiger charge is -2.36. The normalized spacial score (nSPS) is 36.2. The van der Waals surface area contributed by atoms with E-state index in [9.17, 15) is 9.59 Å². The van der Waals surface area contributed by atoms with Crippen molar-refractivity contribution in [3.05, 3.63) is 0 Å². The molecule has 2 aliphatic rings. The summed E-state index contributed by atoms with van der Waals surface area (Å²) in [6, 6.07) is 0.325. The van der Waals surface area contributed by atoms with E-state index in [-0.39, 0.29) is 11.8 Å².